The Bertz CT molecular complexity index is 956. The molecule has 0 spiro atoms. The molecule has 29 heavy (non-hydrogen) atoms. The van der Waals surface area contributed by atoms with Crippen LogP contribution in [0.5, 0.6) is 0 Å². The minimum Gasteiger partial charge on any atom is -0.353 e. The summed E-state index contributed by atoms with van der Waals surface area (Å²) in [7, 11) is 0. The lowest BCUT2D eigenvalue weighted by Gasteiger charge is -2.34. The van der Waals surface area contributed by atoms with E-state index < -0.39 is 0 Å². The van der Waals surface area contributed by atoms with Gasteiger partial charge in [-0.2, -0.15) is 0 Å². The van der Waals surface area contributed by atoms with E-state index >= 15 is 0 Å². The SMILES string of the molecule is Cc1ccc(CNC(=O)c2ccnc(N3CCN[C@@H](c4ccccc4)C3)c2)cc1. The summed E-state index contributed by atoms with van der Waals surface area (Å²) in [5, 5.41) is 6.57. The van der Waals surface area contributed by atoms with Gasteiger partial charge in [0.05, 0.1) is 0 Å². The molecule has 1 aliphatic rings. The number of piperazine rings is 1. The van der Waals surface area contributed by atoms with Crippen molar-refractivity contribution in [2.45, 2.75) is 19.5 Å². The minimum atomic E-state index is -0.0797. The van der Waals surface area contributed by atoms with E-state index in [4.69, 9.17) is 0 Å². The zero-order chi connectivity index (χ0) is 20.1. The second-order valence-corrected chi connectivity index (χ2v) is 7.43. The van der Waals surface area contributed by atoms with Crippen molar-refractivity contribution < 1.29 is 4.79 Å². The van der Waals surface area contributed by atoms with Gasteiger partial charge < -0.3 is 15.5 Å². The Morgan fingerprint density at radius 3 is 2.72 bits per heavy atom. The highest BCUT2D eigenvalue weighted by Gasteiger charge is 2.22. The Morgan fingerprint density at radius 1 is 1.14 bits per heavy atom. The number of nitrogens with one attached hydrogen (secondary N) is 2. The topological polar surface area (TPSA) is 57.3 Å². The molecule has 0 saturated carbocycles. The summed E-state index contributed by atoms with van der Waals surface area (Å²) < 4.78 is 0. The van der Waals surface area contributed by atoms with Gasteiger partial charge in [-0.15, -0.1) is 0 Å². The zero-order valence-corrected chi connectivity index (χ0v) is 16.6. The van der Waals surface area contributed by atoms with Crippen LogP contribution in [0.1, 0.15) is 33.1 Å². The fraction of sp³-hybridized carbons (Fsp3) is 0.250. The van der Waals surface area contributed by atoms with Crippen LogP contribution in [0.3, 0.4) is 0 Å². The van der Waals surface area contributed by atoms with Crippen LogP contribution in [-0.2, 0) is 6.54 Å². The number of hydrogen-bond acceptors (Lipinski definition) is 4. The van der Waals surface area contributed by atoms with Crippen molar-refractivity contribution >= 4 is 11.7 Å². The normalized spacial score (nSPS) is 16.4. The van der Waals surface area contributed by atoms with Crippen LogP contribution in [0.2, 0.25) is 0 Å². The fourth-order valence-electron chi connectivity index (χ4n) is 3.59. The molecule has 2 heterocycles. The molecule has 1 aromatic heterocycles. The Morgan fingerprint density at radius 2 is 1.93 bits per heavy atom. The number of aryl methyl sites for hydroxylation is 1. The van der Waals surface area contributed by atoms with E-state index in [1.165, 1.54) is 11.1 Å². The molecule has 3 aromatic rings. The van der Waals surface area contributed by atoms with Crippen molar-refractivity contribution in [1.29, 1.82) is 0 Å². The van der Waals surface area contributed by atoms with Crippen LogP contribution in [-0.4, -0.2) is 30.5 Å². The van der Waals surface area contributed by atoms with Gasteiger partial charge in [0.2, 0.25) is 0 Å². The van der Waals surface area contributed by atoms with Crippen molar-refractivity contribution in [3.8, 4) is 0 Å². The van der Waals surface area contributed by atoms with Crippen molar-refractivity contribution in [1.82, 2.24) is 15.6 Å². The number of amides is 1. The molecule has 0 unspecified atom stereocenters. The van der Waals surface area contributed by atoms with Gasteiger partial charge in [0, 0.05) is 44.0 Å². The van der Waals surface area contributed by atoms with E-state index in [-0.39, 0.29) is 11.9 Å². The molecule has 4 rings (SSSR count). The standard InChI is InChI=1S/C24H26N4O/c1-18-7-9-19(10-8-18)16-27-24(29)21-11-12-26-23(15-21)28-14-13-25-22(17-28)20-5-3-2-4-6-20/h2-12,15,22,25H,13-14,16-17H2,1H3,(H,27,29)/t22-/m1/s1. The lowest BCUT2D eigenvalue weighted by atomic mass is 10.0. The lowest BCUT2D eigenvalue weighted by molar-refractivity contribution is 0.0951. The predicted octanol–water partition coefficient (Wildman–Crippen LogP) is 3.47. The molecule has 1 amide bonds. The van der Waals surface area contributed by atoms with Crippen LogP contribution in [0.4, 0.5) is 5.82 Å². The molecule has 2 aromatic carbocycles. The third-order valence-electron chi connectivity index (χ3n) is 5.28. The van der Waals surface area contributed by atoms with E-state index in [1.54, 1.807) is 12.3 Å². The summed E-state index contributed by atoms with van der Waals surface area (Å²) in [6, 6.07) is 22.5. The summed E-state index contributed by atoms with van der Waals surface area (Å²) in [4.78, 5) is 19.4. The fourth-order valence-corrected chi connectivity index (χ4v) is 3.59. The predicted molar refractivity (Wildman–Crippen MR) is 116 cm³/mol. The molecule has 1 saturated heterocycles. The molecule has 0 radical (unpaired) electrons. The zero-order valence-electron chi connectivity index (χ0n) is 16.6. The first-order chi connectivity index (χ1) is 14.2. The summed E-state index contributed by atoms with van der Waals surface area (Å²) in [5.41, 5.74) is 4.20. The van der Waals surface area contributed by atoms with Gasteiger partial charge in [-0.05, 0) is 30.2 Å². The molecule has 2 N–H and O–H groups in total. The number of pyridine rings is 1. The minimum absolute atomic E-state index is 0.0797. The molecule has 5 heteroatoms. The number of aromatic nitrogens is 1. The van der Waals surface area contributed by atoms with Crippen LogP contribution in [0.25, 0.3) is 0 Å². The molecule has 1 fully saturated rings. The monoisotopic (exact) mass is 386 g/mol. The summed E-state index contributed by atoms with van der Waals surface area (Å²) in [5.74, 6) is 0.763. The van der Waals surface area contributed by atoms with E-state index in [0.717, 1.165) is 31.0 Å². The van der Waals surface area contributed by atoms with Crippen LogP contribution < -0.4 is 15.5 Å². The Balaban J connectivity index is 1.42. The first kappa shape index (κ1) is 19.2. The Hall–Kier alpha value is -3.18. The van der Waals surface area contributed by atoms with Gasteiger partial charge >= 0.3 is 0 Å². The number of anilines is 1. The Kier molecular flexibility index (Phi) is 5.86. The highest BCUT2D eigenvalue weighted by atomic mass is 16.1. The van der Waals surface area contributed by atoms with Crippen LogP contribution >= 0.6 is 0 Å². The van der Waals surface area contributed by atoms with Crippen molar-refractivity contribution in [2.75, 3.05) is 24.5 Å². The van der Waals surface area contributed by atoms with Crippen molar-refractivity contribution in [3.63, 3.8) is 0 Å². The van der Waals surface area contributed by atoms with E-state index in [2.05, 4.69) is 63.8 Å². The molecule has 0 bridgehead atoms. The summed E-state index contributed by atoms with van der Waals surface area (Å²) in [6.45, 7) is 5.14. The first-order valence-corrected chi connectivity index (χ1v) is 10.0. The van der Waals surface area contributed by atoms with Gasteiger partial charge in [0.15, 0.2) is 0 Å². The number of hydrogen-bond donors (Lipinski definition) is 2. The summed E-state index contributed by atoms with van der Waals surface area (Å²) >= 11 is 0. The number of nitrogens with zero attached hydrogens (tertiary/aromatic N) is 2. The molecule has 5 nitrogen and oxygen atoms in total. The van der Waals surface area contributed by atoms with E-state index in [9.17, 15) is 4.79 Å². The molecular formula is C24H26N4O. The third kappa shape index (κ3) is 4.81. The van der Waals surface area contributed by atoms with E-state index in [1.807, 2.05) is 24.3 Å². The number of rotatable bonds is 5. The highest BCUT2D eigenvalue weighted by Crippen LogP contribution is 2.21. The number of carbonyl (C=O) groups excluding carboxylic acids is 1. The van der Waals surface area contributed by atoms with E-state index in [0.29, 0.717) is 12.1 Å². The molecular weight excluding hydrogens is 360 g/mol. The van der Waals surface area contributed by atoms with Gasteiger partial charge in [0.25, 0.3) is 5.91 Å². The van der Waals surface area contributed by atoms with Crippen LogP contribution in [0.15, 0.2) is 72.9 Å². The largest absolute Gasteiger partial charge is 0.353 e. The maximum absolute atomic E-state index is 12.6. The molecule has 0 aliphatic carbocycles. The van der Waals surface area contributed by atoms with Crippen LogP contribution in [0, 0.1) is 6.92 Å². The second-order valence-electron chi connectivity index (χ2n) is 7.43. The van der Waals surface area contributed by atoms with Crippen molar-refractivity contribution in [2.24, 2.45) is 0 Å². The molecule has 148 valence electrons. The number of benzene rings is 2. The maximum atomic E-state index is 12.6. The van der Waals surface area contributed by atoms with Gasteiger partial charge in [-0.3, -0.25) is 4.79 Å². The molecule has 1 atom stereocenters. The van der Waals surface area contributed by atoms with Gasteiger partial charge in [0.1, 0.15) is 5.82 Å². The number of carbonyl (C=O) groups is 1. The average molecular weight is 386 g/mol. The van der Waals surface area contributed by atoms with Gasteiger partial charge in [-0.1, -0.05) is 60.2 Å². The highest BCUT2D eigenvalue weighted by molar-refractivity contribution is 5.94. The molecule has 1 aliphatic heterocycles. The maximum Gasteiger partial charge on any atom is 0.251 e. The van der Waals surface area contributed by atoms with Crippen molar-refractivity contribution in [3.05, 3.63) is 95.2 Å². The lowest BCUT2D eigenvalue weighted by Crippen LogP contribution is -2.46. The first-order valence-electron chi connectivity index (χ1n) is 10.0. The summed E-state index contributed by atoms with van der Waals surface area (Å²) in [6.07, 6.45) is 1.72. The second kappa shape index (κ2) is 8.88. The van der Waals surface area contributed by atoms with Gasteiger partial charge in [-0.25, -0.2) is 4.98 Å². The third-order valence-corrected chi connectivity index (χ3v) is 5.28. The Labute approximate surface area is 171 Å². The average Bonchev–Trinajstić information content (AvgIpc) is 2.79. The smallest absolute Gasteiger partial charge is 0.251 e. The quantitative estimate of drug-likeness (QED) is 0.705.